The fourth-order valence-electron chi connectivity index (χ4n) is 2.59. The van der Waals surface area contributed by atoms with Crippen molar-refractivity contribution in [1.82, 2.24) is 25.1 Å². The Morgan fingerprint density at radius 2 is 1.84 bits per heavy atom. The molecule has 2 aromatic heterocycles. The number of aromatic nitrogens is 4. The van der Waals surface area contributed by atoms with Crippen molar-refractivity contribution in [2.24, 2.45) is 0 Å². The first-order valence-electron chi connectivity index (χ1n) is 7.37. The third-order valence-electron chi connectivity index (χ3n) is 3.79. The van der Waals surface area contributed by atoms with Crippen LogP contribution in [0.2, 0.25) is 0 Å². The molecule has 3 heterocycles. The summed E-state index contributed by atoms with van der Waals surface area (Å²) >= 11 is 0. The normalized spacial score (nSPS) is 13.5. The number of carbonyl (C=O) groups is 1. The van der Waals surface area contributed by atoms with Crippen LogP contribution < -0.4 is 5.32 Å². The molecule has 1 aliphatic heterocycles. The van der Waals surface area contributed by atoms with Crippen LogP contribution >= 0.6 is 0 Å². The summed E-state index contributed by atoms with van der Waals surface area (Å²) in [7, 11) is 0. The highest BCUT2D eigenvalue weighted by atomic mass is 19.2. The lowest BCUT2D eigenvalue weighted by molar-refractivity contribution is 0.0924. The van der Waals surface area contributed by atoms with Crippen LogP contribution in [0, 0.1) is 17.5 Å². The van der Waals surface area contributed by atoms with E-state index < -0.39 is 17.5 Å². The Balaban J connectivity index is 1.78. The summed E-state index contributed by atoms with van der Waals surface area (Å²) in [6, 6.07) is 4.24. The molecule has 0 spiro atoms. The average molecular weight is 345 g/mol. The van der Waals surface area contributed by atoms with Gasteiger partial charge in [-0.3, -0.25) is 9.48 Å². The van der Waals surface area contributed by atoms with Gasteiger partial charge in [0.1, 0.15) is 17.2 Å². The number of rotatable bonds is 2. The van der Waals surface area contributed by atoms with E-state index in [0.717, 1.165) is 0 Å². The number of hydrogen-bond acceptors (Lipinski definition) is 4. The second-order valence-corrected chi connectivity index (χ2v) is 5.41. The Hall–Kier alpha value is -3.23. The second-order valence-electron chi connectivity index (χ2n) is 5.41. The molecule has 0 saturated carbocycles. The lowest BCUT2D eigenvalue weighted by Gasteiger charge is -2.13. The molecule has 1 aromatic carbocycles. The highest BCUT2D eigenvalue weighted by molar-refractivity contribution is 5.94. The molecule has 25 heavy (non-hydrogen) atoms. The average Bonchev–Trinajstić information content (AvgIpc) is 3.04. The first-order valence-corrected chi connectivity index (χ1v) is 7.37. The molecule has 0 radical (unpaired) electrons. The Labute approximate surface area is 139 Å². The van der Waals surface area contributed by atoms with E-state index >= 15 is 0 Å². The maximum Gasteiger partial charge on any atom is 0.269 e. The number of halogens is 3. The van der Waals surface area contributed by atoms with E-state index in [4.69, 9.17) is 0 Å². The Morgan fingerprint density at radius 3 is 2.64 bits per heavy atom. The molecule has 0 fully saturated rings. The van der Waals surface area contributed by atoms with Crippen LogP contribution in [0.5, 0.6) is 0 Å². The minimum absolute atomic E-state index is 0.107. The van der Waals surface area contributed by atoms with Crippen molar-refractivity contribution in [1.29, 1.82) is 0 Å². The Bertz CT molecular complexity index is 1000. The van der Waals surface area contributed by atoms with Crippen molar-refractivity contribution < 1.29 is 18.0 Å². The van der Waals surface area contributed by atoms with E-state index in [-0.39, 0.29) is 17.3 Å². The van der Waals surface area contributed by atoms with Gasteiger partial charge in [0.15, 0.2) is 17.5 Å². The number of hydrogen-bond donors (Lipinski definition) is 1. The van der Waals surface area contributed by atoms with Crippen molar-refractivity contribution in [2.45, 2.75) is 6.54 Å². The van der Waals surface area contributed by atoms with Crippen LogP contribution in [0.25, 0.3) is 22.8 Å². The summed E-state index contributed by atoms with van der Waals surface area (Å²) in [5.74, 6) is -3.81. The number of nitrogens with zero attached hydrogens (tertiary/aromatic N) is 4. The summed E-state index contributed by atoms with van der Waals surface area (Å²) in [5.41, 5.74) is 0.866. The molecule has 0 unspecified atom stereocenters. The molecule has 126 valence electrons. The summed E-state index contributed by atoms with van der Waals surface area (Å²) in [5, 5.41) is 7.00. The highest BCUT2D eigenvalue weighted by Crippen LogP contribution is 2.25. The molecule has 0 atom stereocenters. The number of fused-ring (bicyclic) bond motifs is 1. The van der Waals surface area contributed by atoms with E-state index in [0.29, 0.717) is 42.3 Å². The lowest BCUT2D eigenvalue weighted by Crippen LogP contribution is -2.35. The van der Waals surface area contributed by atoms with E-state index in [1.807, 2.05) is 0 Å². The zero-order valence-corrected chi connectivity index (χ0v) is 12.6. The quantitative estimate of drug-likeness (QED) is 0.723. The first kappa shape index (κ1) is 15.3. The van der Waals surface area contributed by atoms with Crippen LogP contribution in [-0.2, 0) is 6.54 Å². The molecule has 1 aliphatic rings. The summed E-state index contributed by atoms with van der Waals surface area (Å²) in [6.07, 6.45) is 1.36. The first-order chi connectivity index (χ1) is 12.0. The molecule has 9 heteroatoms. The number of nitrogens with one attached hydrogen (secondary N) is 1. The predicted molar refractivity (Wildman–Crippen MR) is 80.9 cm³/mol. The van der Waals surface area contributed by atoms with Gasteiger partial charge in [0.05, 0.1) is 17.8 Å². The monoisotopic (exact) mass is 345 g/mol. The van der Waals surface area contributed by atoms with Crippen molar-refractivity contribution in [2.75, 3.05) is 6.54 Å². The van der Waals surface area contributed by atoms with Crippen molar-refractivity contribution in [3.63, 3.8) is 0 Å². The van der Waals surface area contributed by atoms with Gasteiger partial charge in [-0.1, -0.05) is 0 Å². The standard InChI is InChI=1S/C16H10F3N5O/c17-9-6-11(19)10(18)5-8(9)15-20-2-1-12(22-15)13-7-14-16(25)21-3-4-24(14)23-13/h1-2,5-7H,3-4H2,(H,21,25). The van der Waals surface area contributed by atoms with Gasteiger partial charge in [0.2, 0.25) is 0 Å². The van der Waals surface area contributed by atoms with Gasteiger partial charge in [-0.25, -0.2) is 23.1 Å². The van der Waals surface area contributed by atoms with Gasteiger partial charge in [-0.2, -0.15) is 5.10 Å². The highest BCUT2D eigenvalue weighted by Gasteiger charge is 2.21. The lowest BCUT2D eigenvalue weighted by atomic mass is 10.1. The minimum atomic E-state index is -1.29. The predicted octanol–water partition coefficient (Wildman–Crippen LogP) is 2.17. The van der Waals surface area contributed by atoms with Crippen LogP contribution in [0.1, 0.15) is 10.5 Å². The number of carbonyl (C=O) groups excluding carboxylic acids is 1. The van der Waals surface area contributed by atoms with Crippen molar-refractivity contribution in [3.05, 3.63) is 53.6 Å². The van der Waals surface area contributed by atoms with Crippen molar-refractivity contribution >= 4 is 5.91 Å². The zero-order valence-electron chi connectivity index (χ0n) is 12.6. The van der Waals surface area contributed by atoms with Gasteiger partial charge in [0.25, 0.3) is 5.91 Å². The smallest absolute Gasteiger partial charge is 0.269 e. The minimum Gasteiger partial charge on any atom is -0.349 e. The summed E-state index contributed by atoms with van der Waals surface area (Å²) < 4.78 is 42.0. The molecule has 3 aromatic rings. The molecule has 0 bridgehead atoms. The van der Waals surface area contributed by atoms with Crippen molar-refractivity contribution in [3.8, 4) is 22.8 Å². The van der Waals surface area contributed by atoms with Crippen LogP contribution in [0.3, 0.4) is 0 Å². The number of amides is 1. The van der Waals surface area contributed by atoms with Gasteiger partial charge in [0, 0.05) is 18.8 Å². The van der Waals surface area contributed by atoms with Crippen LogP contribution in [-0.4, -0.2) is 32.2 Å². The summed E-state index contributed by atoms with van der Waals surface area (Å²) in [4.78, 5) is 19.9. The van der Waals surface area contributed by atoms with Gasteiger partial charge in [-0.15, -0.1) is 0 Å². The molecule has 4 rings (SSSR count). The van der Waals surface area contributed by atoms with E-state index in [9.17, 15) is 18.0 Å². The fraction of sp³-hybridized carbons (Fsp3) is 0.125. The Morgan fingerprint density at radius 1 is 1.04 bits per heavy atom. The van der Waals surface area contributed by atoms with E-state index in [2.05, 4.69) is 20.4 Å². The van der Waals surface area contributed by atoms with E-state index in [1.54, 1.807) is 10.7 Å². The number of benzene rings is 1. The Kier molecular flexibility index (Phi) is 3.48. The maximum atomic E-state index is 13.9. The molecular weight excluding hydrogens is 335 g/mol. The van der Waals surface area contributed by atoms with E-state index in [1.165, 1.54) is 12.3 Å². The third kappa shape index (κ3) is 2.63. The fourth-order valence-corrected chi connectivity index (χ4v) is 2.59. The van der Waals surface area contributed by atoms with Crippen LogP contribution in [0.4, 0.5) is 13.2 Å². The van der Waals surface area contributed by atoms with Gasteiger partial charge < -0.3 is 5.32 Å². The molecule has 0 saturated heterocycles. The largest absolute Gasteiger partial charge is 0.349 e. The SMILES string of the molecule is O=C1NCCn2nc(-c3ccnc(-c4cc(F)c(F)cc4F)n3)cc21. The van der Waals surface area contributed by atoms with Gasteiger partial charge in [-0.05, 0) is 18.2 Å². The third-order valence-corrected chi connectivity index (χ3v) is 3.79. The molecular formula is C16H10F3N5O. The maximum absolute atomic E-state index is 13.9. The summed E-state index contributed by atoms with van der Waals surface area (Å²) in [6.45, 7) is 0.999. The zero-order chi connectivity index (χ0) is 17.6. The van der Waals surface area contributed by atoms with Gasteiger partial charge >= 0.3 is 0 Å². The van der Waals surface area contributed by atoms with Crippen LogP contribution in [0.15, 0.2) is 30.5 Å². The molecule has 0 aliphatic carbocycles. The second kappa shape index (κ2) is 5.69. The molecule has 1 N–H and O–H groups in total. The molecule has 6 nitrogen and oxygen atoms in total. The molecule has 1 amide bonds. The topological polar surface area (TPSA) is 72.7 Å².